The zero-order valence-electron chi connectivity index (χ0n) is 16.0. The molecule has 1 atom stereocenters. The quantitative estimate of drug-likeness (QED) is 0.674. The highest BCUT2D eigenvalue weighted by Crippen LogP contribution is 2.39. The molecule has 0 N–H and O–H groups in total. The molecule has 0 aromatic heterocycles. The molecule has 0 unspecified atom stereocenters. The average Bonchev–Trinajstić information content (AvgIpc) is 2.93. The first-order chi connectivity index (χ1) is 13.4. The molecule has 0 saturated heterocycles. The fourth-order valence-electron chi connectivity index (χ4n) is 3.98. The maximum absolute atomic E-state index is 12.6. The fraction of sp³-hybridized carbons (Fsp3) is 0.333. The average molecular weight is 445 g/mol. The lowest BCUT2D eigenvalue weighted by atomic mass is 9.93. The molecule has 2 aliphatic rings. The number of rotatable bonds is 4. The van der Waals surface area contributed by atoms with Gasteiger partial charge in [-0.05, 0) is 54.8 Å². The minimum absolute atomic E-state index is 0.0750. The standard InChI is InChI=1S/C21H21BrN2O4/c1-12-15-10-19(28-3)18(27-2)8-13(15)6-7-23(12)11-24-17-5-4-14(22)9-16(17)20(25)21(24)26/h4-5,8-10,12H,6-7,11H2,1-3H3/t12-/m0/s1. The molecule has 4 rings (SSSR count). The SMILES string of the molecule is COc1cc2c(cc1OC)[C@H](C)N(CN1C(=O)C(=O)c3cc(Br)ccc31)CC2. The Morgan fingerprint density at radius 3 is 2.54 bits per heavy atom. The molecule has 0 aliphatic carbocycles. The van der Waals surface area contributed by atoms with Crippen LogP contribution in [0, 0.1) is 0 Å². The highest BCUT2D eigenvalue weighted by molar-refractivity contribution is 9.10. The number of carbonyl (C=O) groups is 2. The Balaban J connectivity index is 1.63. The maximum Gasteiger partial charge on any atom is 0.300 e. The smallest absolute Gasteiger partial charge is 0.300 e. The van der Waals surface area contributed by atoms with Gasteiger partial charge in [-0.25, -0.2) is 0 Å². The third-order valence-corrected chi connectivity index (χ3v) is 6.06. The first-order valence-corrected chi connectivity index (χ1v) is 9.88. The number of carbonyl (C=O) groups excluding carboxylic acids is 2. The van der Waals surface area contributed by atoms with Crippen molar-refractivity contribution in [2.24, 2.45) is 0 Å². The van der Waals surface area contributed by atoms with Crippen LogP contribution in [-0.4, -0.2) is 44.0 Å². The topological polar surface area (TPSA) is 59.1 Å². The van der Waals surface area contributed by atoms with E-state index in [2.05, 4.69) is 27.8 Å². The van der Waals surface area contributed by atoms with E-state index in [0.29, 0.717) is 23.7 Å². The normalized spacial score (nSPS) is 18.9. The van der Waals surface area contributed by atoms with E-state index in [1.807, 2.05) is 24.3 Å². The molecular formula is C21H21BrN2O4. The van der Waals surface area contributed by atoms with Crippen LogP contribution in [0.1, 0.15) is 34.5 Å². The zero-order chi connectivity index (χ0) is 20.0. The number of nitrogens with zero attached hydrogens (tertiary/aromatic N) is 2. The van der Waals surface area contributed by atoms with Gasteiger partial charge in [-0.3, -0.25) is 19.4 Å². The van der Waals surface area contributed by atoms with Gasteiger partial charge in [0.05, 0.1) is 32.1 Å². The summed E-state index contributed by atoms with van der Waals surface area (Å²) < 4.78 is 11.7. The summed E-state index contributed by atoms with van der Waals surface area (Å²) in [4.78, 5) is 28.7. The van der Waals surface area contributed by atoms with E-state index >= 15 is 0 Å². The van der Waals surface area contributed by atoms with E-state index < -0.39 is 11.7 Å². The molecule has 2 aromatic carbocycles. The molecule has 2 aliphatic heterocycles. The maximum atomic E-state index is 12.6. The number of hydrogen-bond acceptors (Lipinski definition) is 5. The van der Waals surface area contributed by atoms with Crippen LogP contribution >= 0.6 is 15.9 Å². The van der Waals surface area contributed by atoms with Gasteiger partial charge in [-0.1, -0.05) is 15.9 Å². The van der Waals surface area contributed by atoms with Gasteiger partial charge < -0.3 is 9.47 Å². The van der Waals surface area contributed by atoms with Gasteiger partial charge in [0.1, 0.15) is 0 Å². The van der Waals surface area contributed by atoms with Crippen LogP contribution < -0.4 is 14.4 Å². The molecule has 0 radical (unpaired) electrons. The van der Waals surface area contributed by atoms with E-state index in [-0.39, 0.29) is 6.04 Å². The van der Waals surface area contributed by atoms with Crippen molar-refractivity contribution >= 4 is 33.3 Å². The third-order valence-electron chi connectivity index (χ3n) is 5.57. The number of halogens is 1. The second-order valence-corrected chi connectivity index (χ2v) is 7.93. The van der Waals surface area contributed by atoms with Crippen LogP contribution in [0.2, 0.25) is 0 Å². The Morgan fingerprint density at radius 2 is 1.82 bits per heavy atom. The number of Topliss-reactive ketones (excluding diaryl/α,β-unsaturated/α-hetero) is 1. The molecule has 2 aromatic rings. The van der Waals surface area contributed by atoms with Crippen molar-refractivity contribution in [3.05, 3.63) is 51.5 Å². The van der Waals surface area contributed by atoms with Crippen molar-refractivity contribution < 1.29 is 19.1 Å². The van der Waals surface area contributed by atoms with Crippen molar-refractivity contribution in [3.8, 4) is 11.5 Å². The molecule has 0 spiro atoms. The lowest BCUT2D eigenvalue weighted by Crippen LogP contribution is -2.44. The molecule has 6 nitrogen and oxygen atoms in total. The van der Waals surface area contributed by atoms with Crippen LogP contribution in [-0.2, 0) is 11.2 Å². The molecule has 0 saturated carbocycles. The van der Waals surface area contributed by atoms with E-state index in [1.165, 1.54) is 5.56 Å². The molecule has 0 bridgehead atoms. The van der Waals surface area contributed by atoms with E-state index in [1.54, 1.807) is 25.2 Å². The summed E-state index contributed by atoms with van der Waals surface area (Å²) in [6.45, 7) is 3.26. The molecule has 7 heteroatoms. The summed E-state index contributed by atoms with van der Waals surface area (Å²) in [6, 6.07) is 9.49. The Hall–Kier alpha value is -2.38. The van der Waals surface area contributed by atoms with Gasteiger partial charge >= 0.3 is 5.91 Å². The number of amides is 1. The van der Waals surface area contributed by atoms with E-state index in [0.717, 1.165) is 28.8 Å². The van der Waals surface area contributed by atoms with Crippen LogP contribution in [0.3, 0.4) is 0 Å². The number of hydrogen-bond donors (Lipinski definition) is 0. The summed E-state index contributed by atoms with van der Waals surface area (Å²) >= 11 is 3.37. The van der Waals surface area contributed by atoms with Crippen molar-refractivity contribution in [1.82, 2.24) is 4.90 Å². The predicted octanol–water partition coefficient (Wildman–Crippen LogP) is 3.57. The summed E-state index contributed by atoms with van der Waals surface area (Å²) in [7, 11) is 3.26. The highest BCUT2D eigenvalue weighted by Gasteiger charge is 2.38. The molecule has 1 amide bonds. The lowest BCUT2D eigenvalue weighted by Gasteiger charge is -2.37. The largest absolute Gasteiger partial charge is 0.493 e. The number of ketones is 1. The van der Waals surface area contributed by atoms with E-state index in [9.17, 15) is 9.59 Å². The fourth-order valence-corrected chi connectivity index (χ4v) is 4.35. The Bertz CT molecular complexity index is 975. The van der Waals surface area contributed by atoms with Gasteiger partial charge in [0.2, 0.25) is 0 Å². The van der Waals surface area contributed by atoms with Crippen molar-refractivity contribution in [2.75, 3.05) is 32.3 Å². The molecule has 146 valence electrons. The lowest BCUT2D eigenvalue weighted by molar-refractivity contribution is -0.114. The predicted molar refractivity (Wildman–Crippen MR) is 109 cm³/mol. The van der Waals surface area contributed by atoms with Gasteiger partial charge in [0.15, 0.2) is 11.5 Å². The molecule has 28 heavy (non-hydrogen) atoms. The summed E-state index contributed by atoms with van der Waals surface area (Å²) in [6.07, 6.45) is 0.837. The molecular weight excluding hydrogens is 424 g/mol. The van der Waals surface area contributed by atoms with Crippen LogP contribution in [0.4, 0.5) is 5.69 Å². The molecule has 2 heterocycles. The van der Waals surface area contributed by atoms with Crippen molar-refractivity contribution in [1.29, 1.82) is 0 Å². The van der Waals surface area contributed by atoms with Crippen molar-refractivity contribution in [3.63, 3.8) is 0 Å². The zero-order valence-corrected chi connectivity index (χ0v) is 17.6. The number of benzene rings is 2. The summed E-state index contributed by atoms with van der Waals surface area (Å²) in [5.41, 5.74) is 3.49. The van der Waals surface area contributed by atoms with Gasteiger partial charge in [0, 0.05) is 17.1 Å². The summed E-state index contributed by atoms with van der Waals surface area (Å²) in [5.74, 6) is 0.491. The second kappa shape index (κ2) is 7.22. The first-order valence-electron chi connectivity index (χ1n) is 9.09. The van der Waals surface area contributed by atoms with Crippen LogP contribution in [0.25, 0.3) is 0 Å². The Kier molecular flexibility index (Phi) is 4.89. The highest BCUT2D eigenvalue weighted by atomic mass is 79.9. The number of ether oxygens (including phenoxy) is 2. The minimum Gasteiger partial charge on any atom is -0.493 e. The number of anilines is 1. The van der Waals surface area contributed by atoms with E-state index in [4.69, 9.17) is 9.47 Å². The Morgan fingerprint density at radius 1 is 1.11 bits per heavy atom. The van der Waals surface area contributed by atoms with Crippen LogP contribution in [0.15, 0.2) is 34.8 Å². The van der Waals surface area contributed by atoms with Gasteiger partial charge in [-0.2, -0.15) is 0 Å². The van der Waals surface area contributed by atoms with Crippen LogP contribution in [0.5, 0.6) is 11.5 Å². The van der Waals surface area contributed by atoms with Gasteiger partial charge in [0.25, 0.3) is 5.78 Å². The van der Waals surface area contributed by atoms with Gasteiger partial charge in [-0.15, -0.1) is 0 Å². The second-order valence-electron chi connectivity index (χ2n) is 7.01. The summed E-state index contributed by atoms with van der Waals surface area (Å²) in [5, 5.41) is 0. The van der Waals surface area contributed by atoms with Crippen molar-refractivity contribution in [2.45, 2.75) is 19.4 Å². The number of fused-ring (bicyclic) bond motifs is 2. The Labute approximate surface area is 172 Å². The number of methoxy groups -OCH3 is 2. The third kappa shape index (κ3) is 2.99. The first kappa shape index (κ1) is 19.0. The molecule has 0 fully saturated rings. The monoisotopic (exact) mass is 444 g/mol. The minimum atomic E-state index is -0.474.